The summed E-state index contributed by atoms with van der Waals surface area (Å²) in [5.74, 6) is 0.400. The molecule has 0 aromatic carbocycles. The van der Waals surface area contributed by atoms with E-state index < -0.39 is 5.60 Å². The highest BCUT2D eigenvalue weighted by Crippen LogP contribution is 2.30. The maximum atomic E-state index is 10.1. The smallest absolute Gasteiger partial charge is 0.0663 e. The molecule has 3 rings (SSSR count). The van der Waals surface area contributed by atoms with Crippen molar-refractivity contribution in [3.63, 3.8) is 0 Å². The van der Waals surface area contributed by atoms with Crippen LogP contribution in [0.1, 0.15) is 26.7 Å². The Labute approximate surface area is 113 Å². The van der Waals surface area contributed by atoms with E-state index in [0.717, 1.165) is 31.4 Å². The van der Waals surface area contributed by atoms with E-state index in [1.165, 1.54) is 5.69 Å². The Bertz CT molecular complexity index is 562. The molecule has 1 N–H and O–H groups in total. The minimum Gasteiger partial charge on any atom is -0.390 e. The van der Waals surface area contributed by atoms with Crippen LogP contribution in [0.25, 0.3) is 5.52 Å². The van der Waals surface area contributed by atoms with Gasteiger partial charge in [0.2, 0.25) is 0 Å². The van der Waals surface area contributed by atoms with Gasteiger partial charge >= 0.3 is 0 Å². The fourth-order valence-corrected chi connectivity index (χ4v) is 2.93. The third-order valence-corrected chi connectivity index (χ3v) is 4.24. The van der Waals surface area contributed by atoms with E-state index in [2.05, 4.69) is 28.3 Å². The standard InChI is InChI=1S/C15H21N3O/c1-15(2,19)12-6-9-17(10-7-12)14-4-3-13-5-8-16-18(13)11-14/h3-5,8,11-12,19H,6-7,9-10H2,1-2H3. The maximum Gasteiger partial charge on any atom is 0.0663 e. The van der Waals surface area contributed by atoms with Gasteiger partial charge in [0.25, 0.3) is 0 Å². The van der Waals surface area contributed by atoms with Gasteiger partial charge in [-0.2, -0.15) is 5.10 Å². The minimum atomic E-state index is -0.558. The lowest BCUT2D eigenvalue weighted by atomic mass is 9.83. The average Bonchev–Trinajstić information content (AvgIpc) is 2.85. The van der Waals surface area contributed by atoms with Crippen LogP contribution in [0.15, 0.2) is 30.6 Å². The molecule has 1 fully saturated rings. The first-order valence-electron chi connectivity index (χ1n) is 6.95. The van der Waals surface area contributed by atoms with Gasteiger partial charge in [-0.3, -0.25) is 0 Å². The van der Waals surface area contributed by atoms with Crippen LogP contribution in [-0.4, -0.2) is 33.4 Å². The van der Waals surface area contributed by atoms with Gasteiger partial charge < -0.3 is 10.0 Å². The zero-order valence-electron chi connectivity index (χ0n) is 11.6. The molecule has 0 radical (unpaired) electrons. The van der Waals surface area contributed by atoms with Crippen molar-refractivity contribution in [3.8, 4) is 0 Å². The van der Waals surface area contributed by atoms with Crippen LogP contribution < -0.4 is 4.90 Å². The molecular weight excluding hydrogens is 238 g/mol. The lowest BCUT2D eigenvalue weighted by Gasteiger charge is -2.38. The fourth-order valence-electron chi connectivity index (χ4n) is 2.93. The summed E-state index contributed by atoms with van der Waals surface area (Å²) in [7, 11) is 0. The lowest BCUT2D eigenvalue weighted by molar-refractivity contribution is 0.00651. The van der Waals surface area contributed by atoms with Gasteiger partial charge in [-0.15, -0.1) is 0 Å². The number of nitrogens with zero attached hydrogens (tertiary/aromatic N) is 3. The molecule has 0 amide bonds. The second-order valence-corrected chi connectivity index (χ2v) is 6.00. The molecule has 2 aromatic heterocycles. The number of aliphatic hydroxyl groups is 1. The largest absolute Gasteiger partial charge is 0.390 e. The zero-order chi connectivity index (χ0) is 13.5. The van der Waals surface area contributed by atoms with E-state index in [0.29, 0.717) is 5.92 Å². The van der Waals surface area contributed by atoms with Gasteiger partial charge in [-0.05, 0) is 50.8 Å². The second-order valence-electron chi connectivity index (χ2n) is 6.00. The summed E-state index contributed by atoms with van der Waals surface area (Å²) in [6, 6.07) is 6.26. The van der Waals surface area contributed by atoms with Crippen molar-refractivity contribution in [2.45, 2.75) is 32.3 Å². The van der Waals surface area contributed by atoms with E-state index in [9.17, 15) is 5.11 Å². The zero-order valence-corrected chi connectivity index (χ0v) is 11.6. The monoisotopic (exact) mass is 259 g/mol. The summed E-state index contributed by atoms with van der Waals surface area (Å²) in [6.07, 6.45) is 5.99. The number of hydrogen-bond acceptors (Lipinski definition) is 3. The predicted molar refractivity (Wildman–Crippen MR) is 76.4 cm³/mol. The summed E-state index contributed by atoms with van der Waals surface area (Å²) in [5.41, 5.74) is 1.78. The molecule has 0 aliphatic carbocycles. The molecule has 4 heteroatoms. The van der Waals surface area contributed by atoms with Crippen LogP contribution in [0.2, 0.25) is 0 Å². The Hall–Kier alpha value is -1.55. The van der Waals surface area contributed by atoms with Crippen molar-refractivity contribution in [2.24, 2.45) is 5.92 Å². The molecule has 0 bridgehead atoms. The van der Waals surface area contributed by atoms with Crippen LogP contribution in [0, 0.1) is 5.92 Å². The Balaban J connectivity index is 1.74. The summed E-state index contributed by atoms with van der Waals surface area (Å²) in [6.45, 7) is 5.84. The molecule has 0 atom stereocenters. The predicted octanol–water partition coefficient (Wildman–Crippen LogP) is 2.32. The van der Waals surface area contributed by atoms with Crippen molar-refractivity contribution in [1.82, 2.24) is 9.61 Å². The van der Waals surface area contributed by atoms with E-state index in [1.807, 2.05) is 30.6 Å². The van der Waals surface area contributed by atoms with E-state index in [-0.39, 0.29) is 0 Å². The molecule has 0 unspecified atom stereocenters. The maximum absolute atomic E-state index is 10.1. The number of rotatable bonds is 2. The van der Waals surface area contributed by atoms with Crippen molar-refractivity contribution < 1.29 is 5.11 Å². The molecule has 4 nitrogen and oxygen atoms in total. The Kier molecular flexibility index (Phi) is 2.97. The van der Waals surface area contributed by atoms with Gasteiger partial charge in [0.05, 0.1) is 23.0 Å². The number of anilines is 1. The Morgan fingerprint density at radius 1 is 1.21 bits per heavy atom. The highest BCUT2D eigenvalue weighted by Gasteiger charge is 2.30. The van der Waals surface area contributed by atoms with Crippen molar-refractivity contribution in [3.05, 3.63) is 30.6 Å². The van der Waals surface area contributed by atoms with Crippen molar-refractivity contribution in [2.75, 3.05) is 18.0 Å². The number of fused-ring (bicyclic) bond motifs is 1. The van der Waals surface area contributed by atoms with Gasteiger partial charge in [-0.1, -0.05) is 0 Å². The number of piperidine rings is 1. The number of pyridine rings is 1. The summed E-state index contributed by atoms with van der Waals surface area (Å²) < 4.78 is 1.91. The molecule has 0 spiro atoms. The average molecular weight is 259 g/mol. The lowest BCUT2D eigenvalue weighted by Crippen LogP contribution is -2.42. The van der Waals surface area contributed by atoms with Crippen LogP contribution in [0.5, 0.6) is 0 Å². The van der Waals surface area contributed by atoms with Crippen LogP contribution in [-0.2, 0) is 0 Å². The summed E-state index contributed by atoms with van der Waals surface area (Å²) in [4.78, 5) is 2.38. The van der Waals surface area contributed by atoms with E-state index >= 15 is 0 Å². The topological polar surface area (TPSA) is 40.8 Å². The molecule has 1 aliphatic heterocycles. The van der Waals surface area contributed by atoms with Gasteiger partial charge in [0, 0.05) is 19.3 Å². The third kappa shape index (κ3) is 2.45. The molecule has 0 saturated carbocycles. The summed E-state index contributed by atoms with van der Waals surface area (Å²) >= 11 is 0. The third-order valence-electron chi connectivity index (χ3n) is 4.24. The molecular formula is C15H21N3O. The van der Waals surface area contributed by atoms with Crippen LogP contribution >= 0.6 is 0 Å². The first-order valence-corrected chi connectivity index (χ1v) is 6.95. The molecule has 3 heterocycles. The number of hydrogen-bond donors (Lipinski definition) is 1. The fraction of sp³-hybridized carbons (Fsp3) is 0.533. The van der Waals surface area contributed by atoms with Crippen molar-refractivity contribution in [1.29, 1.82) is 0 Å². The van der Waals surface area contributed by atoms with Gasteiger partial charge in [-0.25, -0.2) is 4.52 Å². The SMILES string of the molecule is CC(C)(O)C1CCN(c2ccc3ccnn3c2)CC1. The first kappa shape index (κ1) is 12.5. The molecule has 2 aromatic rings. The quantitative estimate of drug-likeness (QED) is 0.900. The Morgan fingerprint density at radius 3 is 2.63 bits per heavy atom. The van der Waals surface area contributed by atoms with Crippen molar-refractivity contribution >= 4 is 11.2 Å². The second kappa shape index (κ2) is 4.53. The van der Waals surface area contributed by atoms with Gasteiger partial charge in [0.1, 0.15) is 0 Å². The normalized spacial score (nSPS) is 18.2. The highest BCUT2D eigenvalue weighted by molar-refractivity contribution is 5.54. The molecule has 19 heavy (non-hydrogen) atoms. The van der Waals surface area contributed by atoms with Gasteiger partial charge in [0.15, 0.2) is 0 Å². The molecule has 102 valence electrons. The molecule has 1 saturated heterocycles. The van der Waals surface area contributed by atoms with Crippen LogP contribution in [0.4, 0.5) is 5.69 Å². The molecule has 1 aliphatic rings. The van der Waals surface area contributed by atoms with Crippen LogP contribution in [0.3, 0.4) is 0 Å². The highest BCUT2D eigenvalue weighted by atomic mass is 16.3. The first-order chi connectivity index (χ1) is 9.04. The van der Waals surface area contributed by atoms with E-state index in [1.54, 1.807) is 0 Å². The minimum absolute atomic E-state index is 0.400. The van der Waals surface area contributed by atoms with E-state index in [4.69, 9.17) is 0 Å². The summed E-state index contributed by atoms with van der Waals surface area (Å²) in [5, 5.41) is 14.4. The number of aromatic nitrogens is 2. The Morgan fingerprint density at radius 2 is 1.95 bits per heavy atom.